The minimum Gasteiger partial charge on any atom is -0.508 e. The molecule has 0 fully saturated rings. The van der Waals surface area contributed by atoms with Gasteiger partial charge in [-0.05, 0) is 47.7 Å². The van der Waals surface area contributed by atoms with Crippen LogP contribution < -0.4 is 4.74 Å². The standard InChI is InChI=1S/C23H32O3/c1-5-17(6-2)15-21(25)16-26-22-13-9-19(10-14-22)23(3,4)18-7-11-20(24)12-8-18/h7-14,17,21,24-25H,5-6,15-16H2,1-4H3. The molecule has 0 amide bonds. The molecular formula is C23H32O3. The number of rotatable bonds is 9. The monoisotopic (exact) mass is 356 g/mol. The molecule has 0 bridgehead atoms. The molecule has 1 unspecified atom stereocenters. The van der Waals surface area contributed by atoms with E-state index in [1.165, 1.54) is 5.56 Å². The lowest BCUT2D eigenvalue weighted by molar-refractivity contribution is 0.0834. The van der Waals surface area contributed by atoms with E-state index in [1.54, 1.807) is 12.1 Å². The maximum absolute atomic E-state index is 10.2. The van der Waals surface area contributed by atoms with Crippen molar-refractivity contribution in [2.75, 3.05) is 6.61 Å². The Kier molecular flexibility index (Phi) is 7.10. The summed E-state index contributed by atoms with van der Waals surface area (Å²) in [5.74, 6) is 1.61. The predicted molar refractivity (Wildman–Crippen MR) is 107 cm³/mol. The Balaban J connectivity index is 1.98. The molecule has 0 aliphatic rings. The lowest BCUT2D eigenvalue weighted by Crippen LogP contribution is -2.21. The summed E-state index contributed by atoms with van der Waals surface area (Å²) in [6, 6.07) is 15.4. The molecule has 0 saturated heterocycles. The first-order chi connectivity index (χ1) is 12.4. The highest BCUT2D eigenvalue weighted by Gasteiger charge is 2.23. The van der Waals surface area contributed by atoms with Gasteiger partial charge in [0.15, 0.2) is 0 Å². The van der Waals surface area contributed by atoms with Crippen LogP contribution in [0.5, 0.6) is 11.5 Å². The van der Waals surface area contributed by atoms with Crippen LogP contribution in [0.25, 0.3) is 0 Å². The van der Waals surface area contributed by atoms with E-state index in [0.717, 1.165) is 30.6 Å². The third-order valence-electron chi connectivity index (χ3n) is 5.37. The number of aliphatic hydroxyl groups excluding tert-OH is 1. The summed E-state index contributed by atoms with van der Waals surface area (Å²) in [5.41, 5.74) is 2.15. The van der Waals surface area contributed by atoms with Crippen molar-refractivity contribution in [2.45, 2.75) is 58.5 Å². The van der Waals surface area contributed by atoms with Crippen LogP contribution in [0.4, 0.5) is 0 Å². The molecule has 0 spiro atoms. The van der Waals surface area contributed by atoms with E-state index in [0.29, 0.717) is 12.5 Å². The van der Waals surface area contributed by atoms with Gasteiger partial charge in [-0.15, -0.1) is 0 Å². The average molecular weight is 357 g/mol. The largest absolute Gasteiger partial charge is 0.508 e. The average Bonchev–Trinajstić information content (AvgIpc) is 2.65. The van der Waals surface area contributed by atoms with Crippen LogP contribution in [0.3, 0.4) is 0 Å². The van der Waals surface area contributed by atoms with E-state index < -0.39 is 6.10 Å². The summed E-state index contributed by atoms with van der Waals surface area (Å²) in [6.45, 7) is 8.98. The van der Waals surface area contributed by atoms with Gasteiger partial charge in [-0.3, -0.25) is 0 Å². The van der Waals surface area contributed by atoms with Crippen LogP contribution in [0, 0.1) is 5.92 Å². The molecule has 1 atom stereocenters. The van der Waals surface area contributed by atoms with E-state index in [2.05, 4.69) is 39.8 Å². The highest BCUT2D eigenvalue weighted by molar-refractivity contribution is 5.41. The van der Waals surface area contributed by atoms with Crippen LogP contribution in [-0.4, -0.2) is 22.9 Å². The van der Waals surface area contributed by atoms with Crippen molar-refractivity contribution < 1.29 is 14.9 Å². The Bertz CT molecular complexity index is 655. The van der Waals surface area contributed by atoms with E-state index in [9.17, 15) is 10.2 Å². The molecule has 2 N–H and O–H groups in total. The van der Waals surface area contributed by atoms with Gasteiger partial charge in [0, 0.05) is 5.41 Å². The van der Waals surface area contributed by atoms with Crippen molar-refractivity contribution in [1.82, 2.24) is 0 Å². The second kappa shape index (κ2) is 9.09. The van der Waals surface area contributed by atoms with E-state index >= 15 is 0 Å². The predicted octanol–water partition coefficient (Wildman–Crippen LogP) is 5.28. The first-order valence-corrected chi connectivity index (χ1v) is 9.57. The van der Waals surface area contributed by atoms with Crippen LogP contribution in [-0.2, 0) is 5.41 Å². The topological polar surface area (TPSA) is 49.7 Å². The Hall–Kier alpha value is -2.00. The second-order valence-electron chi connectivity index (χ2n) is 7.58. The summed E-state index contributed by atoms with van der Waals surface area (Å²) in [5, 5.41) is 19.6. The number of aromatic hydroxyl groups is 1. The van der Waals surface area contributed by atoms with Crippen LogP contribution in [0.15, 0.2) is 48.5 Å². The SMILES string of the molecule is CCC(CC)CC(O)COc1ccc(C(C)(C)c2ccc(O)cc2)cc1. The molecule has 0 saturated carbocycles. The minimum absolute atomic E-state index is 0.165. The Morgan fingerprint density at radius 3 is 1.88 bits per heavy atom. The molecule has 0 radical (unpaired) electrons. The number of hydrogen-bond acceptors (Lipinski definition) is 3. The third kappa shape index (κ3) is 5.25. The first-order valence-electron chi connectivity index (χ1n) is 9.57. The Labute approximate surface area is 157 Å². The zero-order valence-electron chi connectivity index (χ0n) is 16.4. The summed E-state index contributed by atoms with van der Waals surface area (Å²) in [4.78, 5) is 0. The fourth-order valence-corrected chi connectivity index (χ4v) is 3.28. The van der Waals surface area contributed by atoms with E-state index in [-0.39, 0.29) is 11.2 Å². The summed E-state index contributed by atoms with van der Waals surface area (Å²) < 4.78 is 5.76. The quantitative estimate of drug-likeness (QED) is 0.642. The van der Waals surface area contributed by atoms with Gasteiger partial charge in [-0.2, -0.15) is 0 Å². The van der Waals surface area contributed by atoms with Crippen molar-refractivity contribution in [1.29, 1.82) is 0 Å². The van der Waals surface area contributed by atoms with Gasteiger partial charge in [0.25, 0.3) is 0 Å². The molecule has 2 rings (SSSR count). The summed E-state index contributed by atoms with van der Waals surface area (Å²) in [7, 11) is 0. The van der Waals surface area contributed by atoms with Crippen molar-refractivity contribution in [2.24, 2.45) is 5.92 Å². The van der Waals surface area contributed by atoms with Crippen molar-refractivity contribution >= 4 is 0 Å². The van der Waals surface area contributed by atoms with Gasteiger partial charge < -0.3 is 14.9 Å². The molecule has 2 aromatic carbocycles. The normalized spacial score (nSPS) is 13.0. The molecule has 0 aliphatic heterocycles. The van der Waals surface area contributed by atoms with Crippen LogP contribution in [0.2, 0.25) is 0 Å². The lowest BCUT2D eigenvalue weighted by atomic mass is 9.78. The molecular weight excluding hydrogens is 324 g/mol. The molecule has 26 heavy (non-hydrogen) atoms. The molecule has 3 heteroatoms. The molecule has 3 nitrogen and oxygen atoms in total. The van der Waals surface area contributed by atoms with E-state index in [1.807, 2.05) is 24.3 Å². The van der Waals surface area contributed by atoms with Crippen LogP contribution >= 0.6 is 0 Å². The number of phenolic OH excluding ortho intramolecular Hbond substituents is 1. The van der Waals surface area contributed by atoms with Crippen molar-refractivity contribution in [3.63, 3.8) is 0 Å². The maximum atomic E-state index is 10.2. The smallest absolute Gasteiger partial charge is 0.119 e. The Morgan fingerprint density at radius 2 is 1.38 bits per heavy atom. The lowest BCUT2D eigenvalue weighted by Gasteiger charge is -2.26. The molecule has 2 aromatic rings. The van der Waals surface area contributed by atoms with Gasteiger partial charge in [-0.25, -0.2) is 0 Å². The Morgan fingerprint density at radius 1 is 0.885 bits per heavy atom. The number of hydrogen-bond donors (Lipinski definition) is 2. The first kappa shape index (κ1) is 20.3. The number of phenols is 1. The van der Waals surface area contributed by atoms with Crippen molar-refractivity contribution in [3.8, 4) is 11.5 Å². The van der Waals surface area contributed by atoms with Crippen LogP contribution in [0.1, 0.15) is 58.1 Å². The third-order valence-corrected chi connectivity index (χ3v) is 5.37. The van der Waals surface area contributed by atoms with E-state index in [4.69, 9.17) is 4.74 Å². The van der Waals surface area contributed by atoms with Gasteiger partial charge in [0.05, 0.1) is 6.10 Å². The van der Waals surface area contributed by atoms with Crippen molar-refractivity contribution in [3.05, 3.63) is 59.7 Å². The fraction of sp³-hybridized carbons (Fsp3) is 0.478. The number of benzene rings is 2. The van der Waals surface area contributed by atoms with Gasteiger partial charge in [0.1, 0.15) is 18.1 Å². The molecule has 142 valence electrons. The molecule has 0 aromatic heterocycles. The zero-order valence-corrected chi connectivity index (χ0v) is 16.4. The molecule has 0 aliphatic carbocycles. The fourth-order valence-electron chi connectivity index (χ4n) is 3.28. The number of aliphatic hydroxyl groups is 1. The number of ether oxygens (including phenoxy) is 1. The minimum atomic E-state index is -0.423. The van der Waals surface area contributed by atoms with Gasteiger partial charge in [-0.1, -0.05) is 64.8 Å². The summed E-state index contributed by atoms with van der Waals surface area (Å²) >= 11 is 0. The van der Waals surface area contributed by atoms with Gasteiger partial charge >= 0.3 is 0 Å². The maximum Gasteiger partial charge on any atom is 0.119 e. The summed E-state index contributed by atoms with van der Waals surface area (Å²) in [6.07, 6.45) is 2.55. The zero-order chi connectivity index (χ0) is 19.2. The highest BCUT2D eigenvalue weighted by Crippen LogP contribution is 2.33. The van der Waals surface area contributed by atoms with Gasteiger partial charge in [0.2, 0.25) is 0 Å². The second-order valence-corrected chi connectivity index (χ2v) is 7.58. The highest BCUT2D eigenvalue weighted by atomic mass is 16.5. The molecule has 0 heterocycles.